The summed E-state index contributed by atoms with van der Waals surface area (Å²) in [5.74, 6) is 1.63. The highest BCUT2D eigenvalue weighted by molar-refractivity contribution is 6.30. The summed E-state index contributed by atoms with van der Waals surface area (Å²) in [6.45, 7) is 4.00. The van der Waals surface area contributed by atoms with Crippen molar-refractivity contribution in [3.63, 3.8) is 0 Å². The van der Waals surface area contributed by atoms with Gasteiger partial charge in [-0.2, -0.15) is 4.98 Å². The smallest absolute Gasteiger partial charge is 0.224 e. The quantitative estimate of drug-likeness (QED) is 0.798. The van der Waals surface area contributed by atoms with Crippen molar-refractivity contribution in [3.05, 3.63) is 47.1 Å². The fourth-order valence-corrected chi connectivity index (χ4v) is 2.25. The molecule has 1 heterocycles. The van der Waals surface area contributed by atoms with Crippen LogP contribution in [0.3, 0.4) is 0 Å². The highest BCUT2D eigenvalue weighted by Gasteiger charge is 2.04. The molecular formula is C17H23ClN4. The summed E-state index contributed by atoms with van der Waals surface area (Å²) < 4.78 is 0. The standard InChI is InChI=1S/C17H23ClN4/c1-3-4-13-22(2)16-10-12-20-17(21-16)19-11-9-14-5-7-15(18)8-6-14/h5-8,10,12H,3-4,9,11,13H2,1-2H3,(H,19,20,21). The van der Waals surface area contributed by atoms with Gasteiger partial charge in [0.15, 0.2) is 0 Å². The molecule has 0 atom stereocenters. The first-order chi connectivity index (χ1) is 10.7. The van der Waals surface area contributed by atoms with E-state index in [-0.39, 0.29) is 0 Å². The maximum Gasteiger partial charge on any atom is 0.224 e. The van der Waals surface area contributed by atoms with Gasteiger partial charge in [0.2, 0.25) is 5.95 Å². The Bertz CT molecular complexity index is 571. The molecule has 22 heavy (non-hydrogen) atoms. The monoisotopic (exact) mass is 318 g/mol. The Balaban J connectivity index is 1.86. The summed E-state index contributed by atoms with van der Waals surface area (Å²) >= 11 is 5.88. The third-order valence-electron chi connectivity index (χ3n) is 3.49. The normalized spacial score (nSPS) is 10.5. The van der Waals surface area contributed by atoms with E-state index in [0.717, 1.165) is 30.4 Å². The minimum absolute atomic E-state index is 0.676. The van der Waals surface area contributed by atoms with E-state index < -0.39 is 0 Å². The summed E-state index contributed by atoms with van der Waals surface area (Å²) in [5, 5.41) is 4.04. The number of unbranched alkanes of at least 4 members (excludes halogenated alkanes) is 1. The molecule has 0 aliphatic heterocycles. The third kappa shape index (κ3) is 5.19. The number of benzene rings is 1. The number of nitrogens with zero attached hydrogens (tertiary/aromatic N) is 3. The van der Waals surface area contributed by atoms with E-state index in [0.29, 0.717) is 5.95 Å². The van der Waals surface area contributed by atoms with E-state index in [9.17, 15) is 0 Å². The summed E-state index contributed by atoms with van der Waals surface area (Å²) in [6.07, 6.45) is 5.06. The molecule has 5 heteroatoms. The fraction of sp³-hybridized carbons (Fsp3) is 0.412. The van der Waals surface area contributed by atoms with E-state index >= 15 is 0 Å². The zero-order valence-corrected chi connectivity index (χ0v) is 14.0. The van der Waals surface area contributed by atoms with Gasteiger partial charge in [-0.15, -0.1) is 0 Å². The van der Waals surface area contributed by atoms with Crippen LogP contribution < -0.4 is 10.2 Å². The molecule has 1 aromatic carbocycles. The van der Waals surface area contributed by atoms with Crippen LogP contribution in [0.15, 0.2) is 36.5 Å². The second-order valence-electron chi connectivity index (χ2n) is 5.32. The van der Waals surface area contributed by atoms with Gasteiger partial charge in [0.25, 0.3) is 0 Å². The lowest BCUT2D eigenvalue weighted by Crippen LogP contribution is -2.20. The van der Waals surface area contributed by atoms with E-state index in [1.807, 2.05) is 30.3 Å². The van der Waals surface area contributed by atoms with Crippen molar-refractivity contribution in [1.82, 2.24) is 9.97 Å². The minimum atomic E-state index is 0.676. The molecule has 4 nitrogen and oxygen atoms in total. The Hall–Kier alpha value is -1.81. The highest BCUT2D eigenvalue weighted by atomic mass is 35.5. The lowest BCUT2D eigenvalue weighted by Gasteiger charge is -2.18. The van der Waals surface area contributed by atoms with Gasteiger partial charge in [-0.25, -0.2) is 4.98 Å². The van der Waals surface area contributed by atoms with Crippen LogP contribution in [0.5, 0.6) is 0 Å². The van der Waals surface area contributed by atoms with E-state index in [2.05, 4.69) is 34.2 Å². The lowest BCUT2D eigenvalue weighted by molar-refractivity contribution is 0.758. The van der Waals surface area contributed by atoms with Crippen LogP contribution in [0.4, 0.5) is 11.8 Å². The Morgan fingerprint density at radius 2 is 1.95 bits per heavy atom. The van der Waals surface area contributed by atoms with Gasteiger partial charge in [-0.1, -0.05) is 37.1 Å². The molecule has 118 valence electrons. The lowest BCUT2D eigenvalue weighted by atomic mass is 10.1. The SMILES string of the molecule is CCCCN(C)c1ccnc(NCCc2ccc(Cl)cc2)n1. The molecule has 1 aromatic heterocycles. The number of anilines is 2. The number of nitrogens with one attached hydrogen (secondary N) is 1. The van der Waals surface area contributed by atoms with Crippen molar-refractivity contribution in [1.29, 1.82) is 0 Å². The molecule has 0 fully saturated rings. The van der Waals surface area contributed by atoms with Crippen LogP contribution in [0, 0.1) is 0 Å². The molecule has 0 saturated heterocycles. The first-order valence-corrected chi connectivity index (χ1v) is 8.09. The molecule has 0 aliphatic rings. The molecule has 0 amide bonds. The van der Waals surface area contributed by atoms with Crippen molar-refractivity contribution in [2.45, 2.75) is 26.2 Å². The van der Waals surface area contributed by atoms with Crippen molar-refractivity contribution in [3.8, 4) is 0 Å². The minimum Gasteiger partial charge on any atom is -0.360 e. The molecular weight excluding hydrogens is 296 g/mol. The second-order valence-corrected chi connectivity index (χ2v) is 5.75. The topological polar surface area (TPSA) is 41.1 Å². The largest absolute Gasteiger partial charge is 0.360 e. The van der Waals surface area contributed by atoms with Gasteiger partial charge >= 0.3 is 0 Å². The van der Waals surface area contributed by atoms with Crippen LogP contribution in [-0.4, -0.2) is 30.1 Å². The van der Waals surface area contributed by atoms with Gasteiger partial charge in [0.05, 0.1) is 0 Å². The molecule has 1 N–H and O–H groups in total. The van der Waals surface area contributed by atoms with Crippen LogP contribution >= 0.6 is 11.6 Å². The Kier molecular flexibility index (Phi) is 6.46. The van der Waals surface area contributed by atoms with Gasteiger partial charge < -0.3 is 10.2 Å². The molecule has 2 aromatic rings. The Morgan fingerprint density at radius 1 is 1.18 bits per heavy atom. The molecule has 0 radical (unpaired) electrons. The molecule has 0 bridgehead atoms. The van der Waals surface area contributed by atoms with Gasteiger partial charge in [0.1, 0.15) is 5.82 Å². The molecule has 0 saturated carbocycles. The highest BCUT2D eigenvalue weighted by Crippen LogP contribution is 2.12. The summed E-state index contributed by atoms with van der Waals surface area (Å²) in [5.41, 5.74) is 1.24. The molecule has 0 unspecified atom stereocenters. The van der Waals surface area contributed by atoms with E-state index in [4.69, 9.17) is 11.6 Å². The fourth-order valence-electron chi connectivity index (χ4n) is 2.13. The van der Waals surface area contributed by atoms with Crippen LogP contribution in [0.1, 0.15) is 25.3 Å². The number of rotatable bonds is 8. The van der Waals surface area contributed by atoms with Crippen molar-refractivity contribution in [2.75, 3.05) is 30.4 Å². The summed E-state index contributed by atoms with van der Waals surface area (Å²) in [6, 6.07) is 9.85. The second kappa shape index (κ2) is 8.59. The predicted molar refractivity (Wildman–Crippen MR) is 93.9 cm³/mol. The maximum absolute atomic E-state index is 5.88. The maximum atomic E-state index is 5.88. The average molecular weight is 319 g/mol. The zero-order chi connectivity index (χ0) is 15.8. The summed E-state index contributed by atoms with van der Waals surface area (Å²) in [4.78, 5) is 11.0. The Labute approximate surface area is 137 Å². The number of aromatic nitrogens is 2. The van der Waals surface area contributed by atoms with Crippen LogP contribution in [0.2, 0.25) is 5.02 Å². The van der Waals surface area contributed by atoms with Crippen molar-refractivity contribution < 1.29 is 0 Å². The van der Waals surface area contributed by atoms with Crippen LogP contribution in [0.25, 0.3) is 0 Å². The van der Waals surface area contributed by atoms with Crippen molar-refractivity contribution in [2.24, 2.45) is 0 Å². The van der Waals surface area contributed by atoms with Gasteiger partial charge in [-0.05, 0) is 36.6 Å². The van der Waals surface area contributed by atoms with Crippen LogP contribution in [-0.2, 0) is 6.42 Å². The zero-order valence-electron chi connectivity index (χ0n) is 13.2. The molecule has 0 spiro atoms. The molecule has 2 rings (SSSR count). The predicted octanol–water partition coefficient (Wildman–Crippen LogP) is 4.02. The first kappa shape index (κ1) is 16.6. The Morgan fingerprint density at radius 3 is 2.68 bits per heavy atom. The number of hydrogen-bond donors (Lipinski definition) is 1. The average Bonchev–Trinajstić information content (AvgIpc) is 2.55. The number of hydrogen-bond acceptors (Lipinski definition) is 4. The summed E-state index contributed by atoms with van der Waals surface area (Å²) in [7, 11) is 2.06. The van der Waals surface area contributed by atoms with E-state index in [1.54, 1.807) is 6.20 Å². The molecule has 0 aliphatic carbocycles. The van der Waals surface area contributed by atoms with Crippen molar-refractivity contribution >= 4 is 23.4 Å². The van der Waals surface area contributed by atoms with Gasteiger partial charge in [0, 0.05) is 31.4 Å². The van der Waals surface area contributed by atoms with E-state index in [1.165, 1.54) is 18.4 Å². The number of halogens is 1. The first-order valence-electron chi connectivity index (χ1n) is 7.71. The third-order valence-corrected chi connectivity index (χ3v) is 3.74. The van der Waals surface area contributed by atoms with Gasteiger partial charge in [-0.3, -0.25) is 0 Å².